The van der Waals surface area contributed by atoms with E-state index in [4.69, 9.17) is 0 Å². The highest BCUT2D eigenvalue weighted by Crippen LogP contribution is 2.24. The van der Waals surface area contributed by atoms with Crippen LogP contribution in [0.15, 0.2) is 48.8 Å². The molecule has 1 unspecified atom stereocenters. The molecule has 2 aromatic rings. The Kier molecular flexibility index (Phi) is 3.42. The second-order valence-electron chi connectivity index (χ2n) is 4.93. The molecule has 3 amide bonds. The van der Waals surface area contributed by atoms with Gasteiger partial charge in [0, 0.05) is 18.1 Å². The van der Waals surface area contributed by atoms with Crippen molar-refractivity contribution in [3.63, 3.8) is 0 Å². The lowest BCUT2D eigenvalue weighted by Gasteiger charge is -2.21. The zero-order chi connectivity index (χ0) is 15.7. The van der Waals surface area contributed by atoms with Gasteiger partial charge in [-0.2, -0.15) is 0 Å². The second kappa shape index (κ2) is 5.40. The fourth-order valence-corrected chi connectivity index (χ4v) is 2.36. The molecular formula is C16H13N3O3. The van der Waals surface area contributed by atoms with Gasteiger partial charge in [0.2, 0.25) is 5.91 Å². The van der Waals surface area contributed by atoms with E-state index in [9.17, 15) is 14.4 Å². The maximum absolute atomic E-state index is 12.3. The van der Waals surface area contributed by atoms with Crippen molar-refractivity contribution in [2.45, 2.75) is 13.0 Å². The van der Waals surface area contributed by atoms with Crippen LogP contribution in [0.5, 0.6) is 0 Å². The van der Waals surface area contributed by atoms with Gasteiger partial charge in [-0.15, -0.1) is 0 Å². The molecule has 110 valence electrons. The number of anilines is 1. The average Bonchev–Trinajstić information content (AvgIpc) is 2.79. The van der Waals surface area contributed by atoms with Crippen molar-refractivity contribution < 1.29 is 14.4 Å². The van der Waals surface area contributed by atoms with Crippen molar-refractivity contribution in [3.8, 4) is 0 Å². The van der Waals surface area contributed by atoms with Crippen LogP contribution in [-0.2, 0) is 4.79 Å². The van der Waals surface area contributed by atoms with E-state index < -0.39 is 23.8 Å². The summed E-state index contributed by atoms with van der Waals surface area (Å²) >= 11 is 0. The summed E-state index contributed by atoms with van der Waals surface area (Å²) in [7, 11) is 0. The summed E-state index contributed by atoms with van der Waals surface area (Å²) in [4.78, 5) is 41.7. The third kappa shape index (κ3) is 2.24. The summed E-state index contributed by atoms with van der Waals surface area (Å²) in [5.74, 6) is -1.32. The number of hydrogen-bond donors (Lipinski definition) is 1. The molecule has 1 aromatic heterocycles. The highest BCUT2D eigenvalue weighted by Gasteiger charge is 2.40. The normalized spacial score (nSPS) is 14.7. The second-order valence-corrected chi connectivity index (χ2v) is 4.93. The molecule has 22 heavy (non-hydrogen) atoms. The topological polar surface area (TPSA) is 79.4 Å². The van der Waals surface area contributed by atoms with Crippen LogP contribution in [0.4, 0.5) is 5.69 Å². The van der Waals surface area contributed by atoms with Gasteiger partial charge in [0.05, 0.1) is 11.1 Å². The summed E-state index contributed by atoms with van der Waals surface area (Å²) in [6.07, 6.45) is 3.09. The number of fused-ring (bicyclic) bond motifs is 1. The molecule has 1 aliphatic rings. The Balaban J connectivity index is 1.81. The van der Waals surface area contributed by atoms with Gasteiger partial charge in [0.25, 0.3) is 11.8 Å². The van der Waals surface area contributed by atoms with E-state index in [1.807, 2.05) is 0 Å². The predicted molar refractivity (Wildman–Crippen MR) is 79.3 cm³/mol. The van der Waals surface area contributed by atoms with Crippen molar-refractivity contribution in [1.29, 1.82) is 0 Å². The number of hydrogen-bond acceptors (Lipinski definition) is 4. The summed E-state index contributed by atoms with van der Waals surface area (Å²) in [6, 6.07) is 8.91. The molecular weight excluding hydrogens is 282 g/mol. The van der Waals surface area contributed by atoms with Crippen LogP contribution >= 0.6 is 0 Å². The largest absolute Gasteiger partial charge is 0.324 e. The van der Waals surface area contributed by atoms with Crippen LogP contribution < -0.4 is 5.32 Å². The van der Waals surface area contributed by atoms with Crippen molar-refractivity contribution >= 4 is 23.4 Å². The lowest BCUT2D eigenvalue weighted by atomic mass is 10.1. The quantitative estimate of drug-likeness (QED) is 0.874. The number of nitrogens with one attached hydrogen (secondary N) is 1. The minimum Gasteiger partial charge on any atom is -0.324 e. The van der Waals surface area contributed by atoms with Crippen molar-refractivity contribution in [1.82, 2.24) is 9.88 Å². The smallest absolute Gasteiger partial charge is 0.262 e. The van der Waals surface area contributed by atoms with Gasteiger partial charge >= 0.3 is 0 Å². The standard InChI is InChI=1S/C16H13N3O3/c1-10(14(20)18-11-6-8-17-9-7-11)19-15(21)12-4-2-3-5-13(12)16(19)22/h2-10H,1H3,(H,17,18,20). The van der Waals surface area contributed by atoms with E-state index in [0.29, 0.717) is 16.8 Å². The molecule has 1 N–H and O–H groups in total. The zero-order valence-corrected chi connectivity index (χ0v) is 11.8. The number of rotatable bonds is 3. The maximum atomic E-state index is 12.3. The fraction of sp³-hybridized carbons (Fsp3) is 0.125. The maximum Gasteiger partial charge on any atom is 0.262 e. The predicted octanol–water partition coefficient (Wildman–Crippen LogP) is 1.70. The zero-order valence-electron chi connectivity index (χ0n) is 11.8. The molecule has 0 aliphatic carbocycles. The molecule has 2 heterocycles. The van der Waals surface area contributed by atoms with E-state index in [0.717, 1.165) is 4.90 Å². The van der Waals surface area contributed by atoms with Gasteiger partial charge in [-0.3, -0.25) is 24.3 Å². The molecule has 0 saturated heterocycles. The highest BCUT2D eigenvalue weighted by molar-refractivity contribution is 6.23. The van der Waals surface area contributed by atoms with E-state index in [-0.39, 0.29) is 0 Å². The monoisotopic (exact) mass is 295 g/mol. The Hall–Kier alpha value is -3.02. The van der Waals surface area contributed by atoms with Crippen LogP contribution in [0.3, 0.4) is 0 Å². The first-order chi connectivity index (χ1) is 10.6. The van der Waals surface area contributed by atoms with Gasteiger partial charge in [0.1, 0.15) is 6.04 Å². The molecule has 6 nitrogen and oxygen atoms in total. The number of carbonyl (C=O) groups is 3. The van der Waals surface area contributed by atoms with Crippen molar-refractivity contribution in [2.75, 3.05) is 5.32 Å². The number of imide groups is 1. The molecule has 3 rings (SSSR count). The van der Waals surface area contributed by atoms with Crippen LogP contribution in [0.1, 0.15) is 27.6 Å². The Morgan fingerprint density at radius 3 is 2.14 bits per heavy atom. The molecule has 1 aromatic carbocycles. The summed E-state index contributed by atoms with van der Waals surface area (Å²) in [5.41, 5.74) is 1.22. The SMILES string of the molecule is CC(C(=O)Nc1ccncc1)N1C(=O)c2ccccc2C1=O. The summed E-state index contributed by atoms with van der Waals surface area (Å²) in [5, 5.41) is 2.66. The van der Waals surface area contributed by atoms with Gasteiger partial charge in [-0.25, -0.2) is 0 Å². The Labute approximate surface area is 126 Å². The minimum absolute atomic E-state index is 0.330. The first-order valence-corrected chi connectivity index (χ1v) is 6.77. The molecule has 0 bridgehead atoms. The van der Waals surface area contributed by atoms with Gasteiger partial charge in [-0.05, 0) is 31.2 Å². The van der Waals surface area contributed by atoms with Crippen LogP contribution in [0.25, 0.3) is 0 Å². The fourth-order valence-electron chi connectivity index (χ4n) is 2.36. The van der Waals surface area contributed by atoms with Crippen molar-refractivity contribution in [2.24, 2.45) is 0 Å². The average molecular weight is 295 g/mol. The van der Waals surface area contributed by atoms with Gasteiger partial charge < -0.3 is 5.32 Å². The third-order valence-electron chi connectivity index (χ3n) is 3.54. The number of carbonyl (C=O) groups excluding carboxylic acids is 3. The minimum atomic E-state index is -0.902. The number of benzene rings is 1. The van der Waals surface area contributed by atoms with E-state index in [1.165, 1.54) is 6.92 Å². The number of aromatic nitrogens is 1. The Bertz CT molecular complexity index is 723. The van der Waals surface area contributed by atoms with Gasteiger partial charge in [0.15, 0.2) is 0 Å². The number of pyridine rings is 1. The summed E-state index contributed by atoms with van der Waals surface area (Å²) in [6.45, 7) is 1.53. The molecule has 0 saturated carbocycles. The molecule has 0 radical (unpaired) electrons. The lowest BCUT2D eigenvalue weighted by molar-refractivity contribution is -0.119. The van der Waals surface area contributed by atoms with Gasteiger partial charge in [-0.1, -0.05) is 12.1 Å². The van der Waals surface area contributed by atoms with Crippen molar-refractivity contribution in [3.05, 3.63) is 59.9 Å². The molecule has 1 atom stereocenters. The first-order valence-electron chi connectivity index (χ1n) is 6.77. The Morgan fingerprint density at radius 1 is 1.05 bits per heavy atom. The highest BCUT2D eigenvalue weighted by atomic mass is 16.2. The Morgan fingerprint density at radius 2 is 1.59 bits per heavy atom. The van der Waals surface area contributed by atoms with E-state index >= 15 is 0 Å². The van der Waals surface area contributed by atoms with E-state index in [1.54, 1.807) is 48.8 Å². The number of amides is 3. The van der Waals surface area contributed by atoms with E-state index in [2.05, 4.69) is 10.3 Å². The third-order valence-corrected chi connectivity index (χ3v) is 3.54. The molecule has 6 heteroatoms. The molecule has 0 fully saturated rings. The summed E-state index contributed by atoms with van der Waals surface area (Å²) < 4.78 is 0. The van der Waals surface area contributed by atoms with Crippen LogP contribution in [0, 0.1) is 0 Å². The number of nitrogens with zero attached hydrogens (tertiary/aromatic N) is 2. The van der Waals surface area contributed by atoms with Crippen LogP contribution in [0.2, 0.25) is 0 Å². The molecule has 0 spiro atoms. The van der Waals surface area contributed by atoms with Crippen LogP contribution in [-0.4, -0.2) is 33.6 Å². The molecule has 1 aliphatic heterocycles. The first kappa shape index (κ1) is 13.9. The lowest BCUT2D eigenvalue weighted by Crippen LogP contribution is -2.45.